The maximum atomic E-state index is 13.3. The molecule has 0 atom stereocenters. The molecule has 1 amide bonds. The summed E-state index contributed by atoms with van der Waals surface area (Å²) >= 11 is 0. The SMILES string of the molecule is COc1ccc(CNC(=O)c2cc(-c3cncc(C)c3)cnc2-c2ccccn2)nc1OC. The van der Waals surface area contributed by atoms with Crippen molar-refractivity contribution in [1.82, 2.24) is 25.3 Å². The van der Waals surface area contributed by atoms with Crippen LogP contribution < -0.4 is 14.8 Å². The Morgan fingerprint density at radius 1 is 0.970 bits per heavy atom. The molecule has 0 spiro atoms. The number of pyridine rings is 4. The van der Waals surface area contributed by atoms with Gasteiger partial charge in [-0.3, -0.25) is 19.7 Å². The maximum absolute atomic E-state index is 13.3. The largest absolute Gasteiger partial charge is 0.491 e. The molecule has 4 aromatic rings. The molecule has 166 valence electrons. The monoisotopic (exact) mass is 441 g/mol. The van der Waals surface area contributed by atoms with E-state index in [9.17, 15) is 4.79 Å². The lowest BCUT2D eigenvalue weighted by Gasteiger charge is -2.12. The van der Waals surface area contributed by atoms with E-state index in [0.717, 1.165) is 16.7 Å². The fourth-order valence-corrected chi connectivity index (χ4v) is 3.35. The third kappa shape index (κ3) is 4.95. The number of hydrogen-bond acceptors (Lipinski definition) is 7. The highest BCUT2D eigenvalue weighted by Gasteiger charge is 2.17. The highest BCUT2D eigenvalue weighted by atomic mass is 16.5. The zero-order chi connectivity index (χ0) is 23.2. The van der Waals surface area contributed by atoms with E-state index < -0.39 is 0 Å². The van der Waals surface area contributed by atoms with Crippen molar-refractivity contribution in [2.75, 3.05) is 14.2 Å². The van der Waals surface area contributed by atoms with E-state index in [-0.39, 0.29) is 12.5 Å². The number of rotatable bonds is 7. The second-order valence-electron chi connectivity index (χ2n) is 7.28. The number of aromatic nitrogens is 4. The number of methoxy groups -OCH3 is 2. The molecule has 0 bridgehead atoms. The molecule has 0 saturated heterocycles. The number of nitrogens with one attached hydrogen (secondary N) is 1. The molecule has 1 N–H and O–H groups in total. The summed E-state index contributed by atoms with van der Waals surface area (Å²) in [5, 5.41) is 2.92. The molecule has 4 heterocycles. The van der Waals surface area contributed by atoms with E-state index >= 15 is 0 Å². The summed E-state index contributed by atoms with van der Waals surface area (Å²) in [6.07, 6.45) is 6.93. The Labute approximate surface area is 191 Å². The third-order valence-corrected chi connectivity index (χ3v) is 4.97. The van der Waals surface area contributed by atoms with E-state index in [4.69, 9.17) is 9.47 Å². The van der Waals surface area contributed by atoms with Crippen LogP contribution in [-0.4, -0.2) is 40.1 Å². The summed E-state index contributed by atoms with van der Waals surface area (Å²) < 4.78 is 10.5. The zero-order valence-electron chi connectivity index (χ0n) is 18.6. The Balaban J connectivity index is 1.66. The topological polar surface area (TPSA) is 99.1 Å². The Hall–Kier alpha value is -4.33. The first kappa shape index (κ1) is 21.9. The van der Waals surface area contributed by atoms with E-state index in [1.807, 2.05) is 37.3 Å². The standard InChI is InChI=1S/C25H23N5O3/c1-16-10-17(13-26-12-16)18-11-20(23(28-14-18)21-6-4-5-9-27-21)24(31)29-15-19-7-8-22(32-2)25(30-19)33-3/h4-14H,15H2,1-3H3,(H,29,31). The van der Waals surface area contributed by atoms with Crippen LogP contribution in [0.1, 0.15) is 21.6 Å². The van der Waals surface area contributed by atoms with E-state index in [1.54, 1.807) is 44.0 Å². The van der Waals surface area contributed by atoms with Crippen molar-refractivity contribution in [2.24, 2.45) is 0 Å². The Morgan fingerprint density at radius 3 is 2.55 bits per heavy atom. The molecular formula is C25H23N5O3. The quantitative estimate of drug-likeness (QED) is 0.465. The van der Waals surface area contributed by atoms with Gasteiger partial charge in [0.1, 0.15) is 5.69 Å². The summed E-state index contributed by atoms with van der Waals surface area (Å²) in [6.45, 7) is 2.17. The molecule has 0 unspecified atom stereocenters. The number of amides is 1. The molecule has 4 aromatic heterocycles. The third-order valence-electron chi connectivity index (χ3n) is 4.97. The summed E-state index contributed by atoms with van der Waals surface area (Å²) in [5.74, 6) is 0.588. The number of ether oxygens (including phenoxy) is 2. The Kier molecular flexibility index (Phi) is 6.54. The highest BCUT2D eigenvalue weighted by molar-refractivity contribution is 6.00. The first-order chi connectivity index (χ1) is 16.1. The van der Waals surface area contributed by atoms with Gasteiger partial charge in [0.2, 0.25) is 0 Å². The first-order valence-electron chi connectivity index (χ1n) is 10.3. The minimum atomic E-state index is -0.290. The van der Waals surface area contributed by atoms with Crippen LogP contribution in [0.2, 0.25) is 0 Å². The number of aryl methyl sites for hydroxylation is 1. The van der Waals surface area contributed by atoms with Crippen molar-refractivity contribution in [1.29, 1.82) is 0 Å². The molecule has 0 saturated carbocycles. The zero-order valence-corrected chi connectivity index (χ0v) is 18.6. The summed E-state index contributed by atoms with van der Waals surface area (Å²) in [4.78, 5) is 30.8. The fourth-order valence-electron chi connectivity index (χ4n) is 3.35. The molecule has 8 heteroatoms. The lowest BCUT2D eigenvalue weighted by atomic mass is 10.0. The summed E-state index contributed by atoms with van der Waals surface area (Å²) in [5.41, 5.74) is 4.84. The van der Waals surface area contributed by atoms with Crippen molar-refractivity contribution < 1.29 is 14.3 Å². The van der Waals surface area contributed by atoms with Crippen LogP contribution in [0.15, 0.2) is 67.3 Å². The smallest absolute Gasteiger partial charge is 0.257 e. The average Bonchev–Trinajstić information content (AvgIpc) is 2.87. The predicted octanol–water partition coefficient (Wildman–Crippen LogP) is 3.86. The van der Waals surface area contributed by atoms with Crippen molar-refractivity contribution in [2.45, 2.75) is 13.5 Å². The minimum Gasteiger partial charge on any atom is -0.491 e. The van der Waals surface area contributed by atoms with Gasteiger partial charge in [0, 0.05) is 35.9 Å². The molecule has 8 nitrogen and oxygen atoms in total. The highest BCUT2D eigenvalue weighted by Crippen LogP contribution is 2.27. The van der Waals surface area contributed by atoms with Gasteiger partial charge in [-0.15, -0.1) is 0 Å². The summed E-state index contributed by atoms with van der Waals surface area (Å²) in [6, 6.07) is 12.8. The van der Waals surface area contributed by atoms with Crippen molar-refractivity contribution >= 4 is 5.91 Å². The van der Waals surface area contributed by atoms with Gasteiger partial charge < -0.3 is 14.8 Å². The molecule has 0 aliphatic heterocycles. The molecule has 0 aliphatic carbocycles. The summed E-state index contributed by atoms with van der Waals surface area (Å²) in [7, 11) is 3.06. The van der Waals surface area contributed by atoms with Gasteiger partial charge in [0.05, 0.1) is 37.7 Å². The van der Waals surface area contributed by atoms with Crippen LogP contribution in [0.5, 0.6) is 11.6 Å². The number of carbonyl (C=O) groups excluding carboxylic acids is 1. The van der Waals surface area contributed by atoms with Crippen LogP contribution in [0.4, 0.5) is 0 Å². The molecule has 0 aromatic carbocycles. The van der Waals surface area contributed by atoms with E-state index in [0.29, 0.717) is 34.3 Å². The fraction of sp³-hybridized carbons (Fsp3) is 0.160. The van der Waals surface area contributed by atoms with Gasteiger partial charge in [-0.2, -0.15) is 0 Å². The van der Waals surface area contributed by atoms with Crippen LogP contribution in [0, 0.1) is 6.92 Å². The molecule has 0 aliphatic rings. The molecule has 0 radical (unpaired) electrons. The lowest BCUT2D eigenvalue weighted by molar-refractivity contribution is 0.0950. The molecular weight excluding hydrogens is 418 g/mol. The predicted molar refractivity (Wildman–Crippen MR) is 124 cm³/mol. The van der Waals surface area contributed by atoms with Gasteiger partial charge in [0.25, 0.3) is 11.8 Å². The van der Waals surface area contributed by atoms with Crippen LogP contribution >= 0.6 is 0 Å². The number of hydrogen-bond donors (Lipinski definition) is 1. The van der Waals surface area contributed by atoms with Gasteiger partial charge in [-0.25, -0.2) is 4.98 Å². The van der Waals surface area contributed by atoms with Gasteiger partial charge in [0.15, 0.2) is 5.75 Å². The minimum absolute atomic E-state index is 0.205. The van der Waals surface area contributed by atoms with Crippen LogP contribution in [0.25, 0.3) is 22.5 Å². The van der Waals surface area contributed by atoms with Gasteiger partial charge >= 0.3 is 0 Å². The van der Waals surface area contributed by atoms with Crippen molar-refractivity contribution in [3.8, 4) is 34.1 Å². The van der Waals surface area contributed by atoms with Crippen molar-refractivity contribution in [3.05, 3.63) is 84.1 Å². The maximum Gasteiger partial charge on any atom is 0.257 e. The lowest BCUT2D eigenvalue weighted by Crippen LogP contribution is -2.24. The second-order valence-corrected chi connectivity index (χ2v) is 7.28. The van der Waals surface area contributed by atoms with E-state index in [2.05, 4.69) is 25.3 Å². The number of carbonyl (C=O) groups is 1. The normalized spacial score (nSPS) is 10.5. The molecule has 4 rings (SSSR count). The average molecular weight is 441 g/mol. The molecule has 0 fully saturated rings. The molecule has 33 heavy (non-hydrogen) atoms. The number of nitrogens with zero attached hydrogens (tertiary/aromatic N) is 4. The van der Waals surface area contributed by atoms with Crippen LogP contribution in [0.3, 0.4) is 0 Å². The van der Waals surface area contributed by atoms with Crippen molar-refractivity contribution in [3.63, 3.8) is 0 Å². The first-order valence-corrected chi connectivity index (χ1v) is 10.3. The Bertz CT molecular complexity index is 1280. The van der Waals surface area contributed by atoms with Gasteiger partial charge in [-0.05, 0) is 48.9 Å². The van der Waals surface area contributed by atoms with Crippen LogP contribution in [-0.2, 0) is 6.54 Å². The second kappa shape index (κ2) is 9.86. The Morgan fingerprint density at radius 2 is 1.82 bits per heavy atom. The van der Waals surface area contributed by atoms with E-state index in [1.165, 1.54) is 7.11 Å². The van der Waals surface area contributed by atoms with Gasteiger partial charge in [-0.1, -0.05) is 6.07 Å².